The predicted molar refractivity (Wildman–Crippen MR) is 84.3 cm³/mol. The van der Waals surface area contributed by atoms with Crippen LogP contribution in [0.1, 0.15) is 21.7 Å². The fraction of sp³-hybridized carbons (Fsp3) is 0.556. The lowest BCUT2D eigenvalue weighted by atomic mass is 9.53. The van der Waals surface area contributed by atoms with Gasteiger partial charge in [0.25, 0.3) is 0 Å². The minimum absolute atomic E-state index is 0.00578. The number of hydrogen-bond acceptors (Lipinski definition) is 4. The maximum atomic E-state index is 13.5. The molecule has 5 nitrogen and oxygen atoms in total. The Kier molecular flexibility index (Phi) is 1.97. The molecule has 6 atom stereocenters. The van der Waals surface area contributed by atoms with Crippen molar-refractivity contribution in [2.75, 3.05) is 20.6 Å². The average molecular weight is 318 g/mol. The van der Waals surface area contributed by atoms with Gasteiger partial charge in [-0.05, 0) is 11.6 Å². The fourth-order valence-electron chi connectivity index (χ4n) is 5.36. The molecule has 1 fully saturated rings. The normalized spacial score (nSPS) is 47.9. The van der Waals surface area contributed by atoms with E-state index in [1.165, 1.54) is 0 Å². The summed E-state index contributed by atoms with van der Waals surface area (Å²) in [6, 6.07) is 3.10. The Bertz CT molecular complexity index is 825. The van der Waals surface area contributed by atoms with E-state index in [1.54, 1.807) is 19.3 Å². The lowest BCUT2D eigenvalue weighted by Gasteiger charge is -2.61. The van der Waals surface area contributed by atoms with Crippen LogP contribution in [-0.4, -0.2) is 48.6 Å². The van der Waals surface area contributed by atoms with Gasteiger partial charge in [-0.1, -0.05) is 18.2 Å². The Morgan fingerprint density at radius 3 is 3.13 bits per heavy atom. The largest absolute Gasteiger partial charge is 0.633 e. The Balaban J connectivity index is 1.78. The van der Waals surface area contributed by atoms with Crippen LogP contribution in [0.2, 0.25) is 0 Å². The molecule has 4 aliphatic rings. The van der Waals surface area contributed by atoms with Crippen molar-refractivity contribution < 1.29 is 23.3 Å². The van der Waals surface area contributed by atoms with Crippen LogP contribution in [0.4, 0.5) is 0 Å². The highest BCUT2D eigenvalue weighted by atomic mass is 16.5. The van der Waals surface area contributed by atoms with Gasteiger partial charge in [0.15, 0.2) is 11.5 Å². The number of aliphatic hydroxyl groups is 1. The number of likely N-dealkylation sites (tertiary alicyclic amines) is 1. The summed E-state index contributed by atoms with van der Waals surface area (Å²) in [5, 5.41) is 24.1. The summed E-state index contributed by atoms with van der Waals surface area (Å²) in [6.07, 6.45) is 2.94. The number of hydrogen-bond donors (Lipinski definition) is 1. The van der Waals surface area contributed by atoms with Gasteiger partial charge in [0.05, 0.1) is 36.2 Å². The number of hydroxylamine groups is 3. The van der Waals surface area contributed by atoms with Gasteiger partial charge in [-0.2, -0.15) is 0 Å². The van der Waals surface area contributed by atoms with Crippen LogP contribution in [0.3, 0.4) is 0 Å². The first kappa shape index (κ1) is 11.1. The summed E-state index contributed by atoms with van der Waals surface area (Å²) in [7, 11) is 1.58. The lowest BCUT2D eigenvalue weighted by molar-refractivity contribution is -0.898. The number of benzene rings is 1. The molecule has 0 aromatic heterocycles. The molecule has 5 heteroatoms. The van der Waals surface area contributed by atoms with Crippen molar-refractivity contribution in [1.82, 2.24) is 0 Å². The van der Waals surface area contributed by atoms with Crippen LogP contribution in [-0.2, 0) is 11.8 Å². The van der Waals surface area contributed by atoms with Crippen molar-refractivity contribution in [1.29, 1.82) is 0 Å². The third-order valence-corrected chi connectivity index (χ3v) is 6.30. The number of rotatable bonds is 1. The Labute approximate surface area is 139 Å². The summed E-state index contributed by atoms with van der Waals surface area (Å²) in [4.78, 5) is 0. The number of likely N-dealkylation sites (N-methyl/N-ethyl adjacent to an activating group) is 1. The number of piperidine rings is 1. The molecule has 1 aromatic carbocycles. The minimum Gasteiger partial charge on any atom is -0.633 e. The molecule has 23 heavy (non-hydrogen) atoms. The molecule has 1 saturated heterocycles. The van der Waals surface area contributed by atoms with Crippen LogP contribution in [0.25, 0.3) is 0 Å². The first-order valence-corrected chi connectivity index (χ1v) is 8.06. The van der Waals surface area contributed by atoms with E-state index in [9.17, 15) is 10.3 Å². The number of nitrogens with zero attached hydrogens (tertiary/aromatic N) is 1. The highest BCUT2D eigenvalue weighted by Gasteiger charge is 2.66. The lowest BCUT2D eigenvalue weighted by Crippen LogP contribution is -2.69. The molecule has 0 saturated carbocycles. The Hall–Kier alpha value is -1.56. The van der Waals surface area contributed by atoms with E-state index in [-0.39, 0.29) is 12.5 Å². The van der Waals surface area contributed by atoms with Crippen LogP contribution in [0, 0.1) is 11.1 Å². The predicted octanol–water partition coefficient (Wildman–Crippen LogP) is 1.51. The van der Waals surface area contributed by atoms with Crippen molar-refractivity contribution in [2.45, 2.75) is 36.5 Å². The quantitative estimate of drug-likeness (QED) is 0.484. The van der Waals surface area contributed by atoms with E-state index in [0.29, 0.717) is 24.3 Å². The zero-order chi connectivity index (χ0) is 18.5. The monoisotopic (exact) mass is 318 g/mol. The molecular formula is C18H21NO4. The van der Waals surface area contributed by atoms with Gasteiger partial charge < -0.3 is 24.4 Å². The van der Waals surface area contributed by atoms with Crippen LogP contribution >= 0.6 is 0 Å². The molecule has 2 heterocycles. The topological polar surface area (TPSA) is 61.8 Å². The highest BCUT2D eigenvalue weighted by Crippen LogP contribution is 2.63. The third kappa shape index (κ3) is 1.44. The zero-order valence-electron chi connectivity index (χ0n) is 15.9. The van der Waals surface area contributed by atoms with Crippen LogP contribution in [0.5, 0.6) is 11.5 Å². The number of ether oxygens (including phenoxy) is 2. The van der Waals surface area contributed by atoms with Gasteiger partial charge in [-0.25, -0.2) is 0 Å². The van der Waals surface area contributed by atoms with E-state index in [4.69, 9.17) is 13.6 Å². The van der Waals surface area contributed by atoms with Crippen molar-refractivity contribution in [3.63, 3.8) is 0 Å². The van der Waals surface area contributed by atoms with Crippen molar-refractivity contribution >= 4 is 0 Å². The summed E-state index contributed by atoms with van der Waals surface area (Å²) < 4.78 is 34.1. The summed E-state index contributed by atoms with van der Waals surface area (Å²) in [6.45, 7) is -2.63. The van der Waals surface area contributed by atoms with E-state index in [0.717, 1.165) is 11.1 Å². The maximum absolute atomic E-state index is 13.5. The van der Waals surface area contributed by atoms with E-state index >= 15 is 0 Å². The van der Waals surface area contributed by atoms with E-state index < -0.39 is 35.3 Å². The number of methoxy groups -OCH3 is 1. The molecule has 2 bridgehead atoms. The van der Waals surface area contributed by atoms with Crippen molar-refractivity contribution in [3.05, 3.63) is 40.6 Å². The minimum atomic E-state index is -2.63. The summed E-state index contributed by atoms with van der Waals surface area (Å²) in [5.41, 5.74) is 1.38. The van der Waals surface area contributed by atoms with Crippen molar-refractivity contribution in [3.8, 4) is 11.5 Å². The molecule has 1 N–H and O–H groups in total. The molecule has 0 amide bonds. The third-order valence-electron chi connectivity index (χ3n) is 6.30. The summed E-state index contributed by atoms with van der Waals surface area (Å²) >= 11 is 0. The smallest absolute Gasteiger partial charge is 0.165 e. The molecule has 2 aliphatic heterocycles. The molecule has 1 spiro atoms. The van der Waals surface area contributed by atoms with E-state index in [1.807, 2.05) is 12.1 Å². The first-order valence-electron chi connectivity index (χ1n) is 9.56. The second-order valence-electron chi connectivity index (χ2n) is 7.15. The van der Waals surface area contributed by atoms with Crippen molar-refractivity contribution in [2.24, 2.45) is 5.92 Å². The SMILES string of the molecule is [2H]C([2H])([2H])[N+]1([O-])CC[C@]23c4c5ccc(OC)c4O[C@H]2[C@@H](O)C=C[C@H]3[C@H]1C5. The average Bonchev–Trinajstić information content (AvgIpc) is 2.94. The van der Waals surface area contributed by atoms with Gasteiger partial charge in [0.1, 0.15) is 12.2 Å². The number of quaternary nitrogens is 1. The molecule has 1 unspecified atom stereocenters. The highest BCUT2D eigenvalue weighted by molar-refractivity contribution is 5.61. The first-order chi connectivity index (χ1) is 12.2. The van der Waals surface area contributed by atoms with Crippen LogP contribution in [0.15, 0.2) is 24.3 Å². The van der Waals surface area contributed by atoms with Crippen LogP contribution < -0.4 is 9.47 Å². The van der Waals surface area contributed by atoms with Gasteiger partial charge in [0.2, 0.25) is 0 Å². The Morgan fingerprint density at radius 2 is 2.35 bits per heavy atom. The summed E-state index contributed by atoms with van der Waals surface area (Å²) in [5.74, 6) is 0.977. The van der Waals surface area contributed by atoms with E-state index in [2.05, 4.69) is 0 Å². The molecule has 0 radical (unpaired) electrons. The molecular weight excluding hydrogens is 294 g/mol. The standard InChI is InChI=1S/C18H21NO4/c1-19(21)8-7-18-11-4-5-13(20)17(18)23-16-14(22-2)6-3-10(15(16)18)9-12(11)19/h3-6,11-13,17,20H,7-9H2,1-2H3/t11-,12+,13-,17-,18-,19?/m0/s1/i1D3. The molecule has 1 aromatic rings. The Morgan fingerprint density at radius 1 is 1.48 bits per heavy atom. The van der Waals surface area contributed by atoms with Gasteiger partial charge >= 0.3 is 0 Å². The molecule has 2 aliphatic carbocycles. The number of aliphatic hydroxyl groups excluding tert-OH is 1. The van der Waals surface area contributed by atoms with Gasteiger partial charge in [0, 0.05) is 24.3 Å². The zero-order valence-corrected chi connectivity index (χ0v) is 12.9. The molecule has 122 valence electrons. The van der Waals surface area contributed by atoms with Gasteiger partial charge in [-0.3, -0.25) is 0 Å². The second-order valence-corrected chi connectivity index (χ2v) is 7.15. The fourth-order valence-corrected chi connectivity index (χ4v) is 5.36. The maximum Gasteiger partial charge on any atom is 0.165 e. The second kappa shape index (κ2) is 4.09. The molecule has 5 rings (SSSR count). The van der Waals surface area contributed by atoms with Gasteiger partial charge in [-0.15, -0.1) is 0 Å².